The molecule has 0 bridgehead atoms. The Hall–Kier alpha value is -1.16. The average molecular weight is 212 g/mol. The molecule has 1 amide bonds. The number of aryl methyl sites for hydroxylation is 1. The summed E-state index contributed by atoms with van der Waals surface area (Å²) in [6.45, 7) is 1.95. The van der Waals surface area contributed by atoms with Crippen LogP contribution in [-0.2, 0) is 17.6 Å². The van der Waals surface area contributed by atoms with Crippen molar-refractivity contribution in [2.45, 2.75) is 19.8 Å². The third-order valence-corrected chi connectivity index (χ3v) is 2.63. The number of carbonyl (C=O) groups is 1. The van der Waals surface area contributed by atoms with Crippen LogP contribution in [0.4, 0.5) is 5.82 Å². The molecule has 0 spiro atoms. The van der Waals surface area contributed by atoms with E-state index >= 15 is 0 Å². The van der Waals surface area contributed by atoms with Crippen LogP contribution in [0.15, 0.2) is 0 Å². The van der Waals surface area contributed by atoms with Crippen LogP contribution in [0.2, 0.25) is 5.15 Å². The first-order valence-corrected chi connectivity index (χ1v) is 4.83. The number of carbonyl (C=O) groups excluding carboxylic acids is 1. The lowest BCUT2D eigenvalue weighted by atomic mass is 10.2. The van der Waals surface area contributed by atoms with Gasteiger partial charge in [-0.2, -0.15) is 0 Å². The zero-order chi connectivity index (χ0) is 10.3. The lowest BCUT2D eigenvalue weighted by Gasteiger charge is -2.09. The number of hydrogen-bond acceptors (Lipinski definition) is 3. The topological polar surface area (TPSA) is 46.1 Å². The van der Waals surface area contributed by atoms with E-state index in [4.69, 9.17) is 11.6 Å². The zero-order valence-electron chi connectivity index (χ0n) is 8.04. The van der Waals surface area contributed by atoms with Gasteiger partial charge in [0, 0.05) is 19.0 Å². The average Bonchev–Trinajstić information content (AvgIpc) is 2.45. The number of hydrogen-bond donors (Lipinski definition) is 0. The summed E-state index contributed by atoms with van der Waals surface area (Å²) in [5, 5.41) is 0.407. The summed E-state index contributed by atoms with van der Waals surface area (Å²) in [6.07, 6.45) is 1.03. The van der Waals surface area contributed by atoms with Crippen molar-refractivity contribution in [2.24, 2.45) is 0 Å². The van der Waals surface area contributed by atoms with Crippen molar-refractivity contribution in [3.05, 3.63) is 16.5 Å². The molecular formula is C9H10ClN3O. The first kappa shape index (κ1) is 9.40. The number of nitrogens with zero attached hydrogens (tertiary/aromatic N) is 3. The predicted molar refractivity (Wildman–Crippen MR) is 53.5 cm³/mol. The number of rotatable bonds is 1. The van der Waals surface area contributed by atoms with Crippen LogP contribution in [-0.4, -0.2) is 22.9 Å². The smallest absolute Gasteiger partial charge is 0.232 e. The molecule has 74 valence electrons. The van der Waals surface area contributed by atoms with E-state index in [1.807, 2.05) is 6.92 Å². The zero-order valence-corrected chi connectivity index (χ0v) is 8.80. The van der Waals surface area contributed by atoms with Crippen LogP contribution in [0.1, 0.15) is 18.3 Å². The lowest BCUT2D eigenvalue weighted by Crippen LogP contribution is -2.21. The molecule has 1 aromatic rings. The molecule has 2 heterocycles. The fraction of sp³-hybridized carbons (Fsp3) is 0.444. The van der Waals surface area contributed by atoms with Crippen LogP contribution in [0, 0.1) is 0 Å². The fourth-order valence-corrected chi connectivity index (χ4v) is 1.71. The molecule has 0 radical (unpaired) electrons. The summed E-state index contributed by atoms with van der Waals surface area (Å²) in [6, 6.07) is 0. The number of amides is 1. The molecule has 1 aliphatic heterocycles. The fourth-order valence-electron chi connectivity index (χ4n) is 1.46. The highest BCUT2D eigenvalue weighted by Gasteiger charge is 2.28. The second-order valence-corrected chi connectivity index (χ2v) is 3.57. The minimum atomic E-state index is 0.0180. The number of halogens is 1. The van der Waals surface area contributed by atoms with Gasteiger partial charge >= 0.3 is 0 Å². The van der Waals surface area contributed by atoms with E-state index in [2.05, 4.69) is 9.97 Å². The first-order valence-electron chi connectivity index (χ1n) is 4.45. The van der Waals surface area contributed by atoms with Crippen LogP contribution >= 0.6 is 11.6 Å². The van der Waals surface area contributed by atoms with Crippen molar-refractivity contribution in [1.29, 1.82) is 0 Å². The van der Waals surface area contributed by atoms with Gasteiger partial charge in [0.2, 0.25) is 5.91 Å². The van der Waals surface area contributed by atoms with E-state index in [1.165, 1.54) is 4.90 Å². The van der Waals surface area contributed by atoms with E-state index in [0.29, 0.717) is 23.2 Å². The van der Waals surface area contributed by atoms with E-state index in [0.717, 1.165) is 12.0 Å². The minimum absolute atomic E-state index is 0.0180. The maximum absolute atomic E-state index is 11.4. The molecule has 0 N–H and O–H groups in total. The van der Waals surface area contributed by atoms with Crippen LogP contribution in [0.5, 0.6) is 0 Å². The van der Waals surface area contributed by atoms with Crippen molar-refractivity contribution < 1.29 is 4.79 Å². The number of likely N-dealkylation sites (N-methyl/N-ethyl adjacent to an activating group) is 1. The second kappa shape index (κ2) is 3.20. The molecule has 0 unspecified atom stereocenters. The van der Waals surface area contributed by atoms with Crippen molar-refractivity contribution >= 4 is 23.3 Å². The van der Waals surface area contributed by atoms with Gasteiger partial charge in [-0.3, -0.25) is 9.69 Å². The molecule has 1 aromatic heterocycles. The lowest BCUT2D eigenvalue weighted by molar-refractivity contribution is -0.117. The summed E-state index contributed by atoms with van der Waals surface area (Å²) in [5.41, 5.74) is 0.747. The molecule has 0 atom stereocenters. The van der Waals surface area contributed by atoms with E-state index in [9.17, 15) is 4.79 Å². The van der Waals surface area contributed by atoms with Crippen LogP contribution in [0.25, 0.3) is 0 Å². The quantitative estimate of drug-likeness (QED) is 0.656. The van der Waals surface area contributed by atoms with E-state index in [-0.39, 0.29) is 5.91 Å². The van der Waals surface area contributed by atoms with Gasteiger partial charge in [0.05, 0.1) is 6.42 Å². The number of fused-ring (bicyclic) bond motifs is 1. The second-order valence-electron chi connectivity index (χ2n) is 3.22. The minimum Gasteiger partial charge on any atom is -0.299 e. The summed E-state index contributed by atoms with van der Waals surface area (Å²) >= 11 is 5.95. The summed E-state index contributed by atoms with van der Waals surface area (Å²) < 4.78 is 0. The molecule has 14 heavy (non-hydrogen) atoms. The van der Waals surface area contributed by atoms with Crippen LogP contribution in [0.3, 0.4) is 0 Å². The van der Waals surface area contributed by atoms with Gasteiger partial charge in [-0.25, -0.2) is 9.97 Å². The Bertz CT molecular complexity index is 405. The molecule has 1 aliphatic rings. The highest BCUT2D eigenvalue weighted by atomic mass is 35.5. The molecule has 0 saturated heterocycles. The first-order chi connectivity index (χ1) is 6.63. The van der Waals surface area contributed by atoms with Gasteiger partial charge in [0.15, 0.2) is 0 Å². The van der Waals surface area contributed by atoms with Crippen molar-refractivity contribution in [3.8, 4) is 0 Å². The number of aromatic nitrogens is 2. The van der Waals surface area contributed by atoms with Crippen molar-refractivity contribution in [3.63, 3.8) is 0 Å². The third-order valence-electron chi connectivity index (χ3n) is 2.32. The van der Waals surface area contributed by atoms with E-state index in [1.54, 1.807) is 7.05 Å². The Morgan fingerprint density at radius 2 is 2.21 bits per heavy atom. The molecule has 0 fully saturated rings. The standard InChI is InChI=1S/C9H10ClN3O/c1-3-6-11-8(10)5-4-7(14)13(2)9(5)12-6/h3-4H2,1-2H3. The number of anilines is 1. The maximum Gasteiger partial charge on any atom is 0.232 e. The summed E-state index contributed by atoms with van der Waals surface area (Å²) in [7, 11) is 1.71. The Morgan fingerprint density at radius 1 is 1.50 bits per heavy atom. The summed E-state index contributed by atoms with van der Waals surface area (Å²) in [4.78, 5) is 21.3. The molecule has 5 heteroatoms. The van der Waals surface area contributed by atoms with Crippen molar-refractivity contribution in [1.82, 2.24) is 9.97 Å². The normalized spacial score (nSPS) is 14.8. The van der Waals surface area contributed by atoms with Crippen molar-refractivity contribution in [2.75, 3.05) is 11.9 Å². The van der Waals surface area contributed by atoms with E-state index < -0.39 is 0 Å². The molecular weight excluding hydrogens is 202 g/mol. The maximum atomic E-state index is 11.4. The van der Waals surface area contributed by atoms with Gasteiger partial charge in [0.1, 0.15) is 16.8 Å². The van der Waals surface area contributed by atoms with Gasteiger partial charge < -0.3 is 0 Å². The summed E-state index contributed by atoms with van der Waals surface area (Å²) in [5.74, 6) is 1.35. The Kier molecular flexibility index (Phi) is 2.15. The Labute approximate surface area is 86.9 Å². The molecule has 2 rings (SSSR count). The molecule has 0 saturated carbocycles. The van der Waals surface area contributed by atoms with Gasteiger partial charge in [-0.1, -0.05) is 18.5 Å². The van der Waals surface area contributed by atoms with Gasteiger partial charge in [-0.15, -0.1) is 0 Å². The highest BCUT2D eigenvalue weighted by Crippen LogP contribution is 2.30. The van der Waals surface area contributed by atoms with Gasteiger partial charge in [-0.05, 0) is 0 Å². The SMILES string of the molecule is CCc1nc(Cl)c2c(n1)N(C)C(=O)C2. The third kappa shape index (κ3) is 1.26. The Morgan fingerprint density at radius 3 is 2.86 bits per heavy atom. The Balaban J connectivity index is 2.57. The van der Waals surface area contributed by atoms with Gasteiger partial charge in [0.25, 0.3) is 0 Å². The predicted octanol–water partition coefficient (Wildman–Crippen LogP) is 1.21. The largest absolute Gasteiger partial charge is 0.299 e. The molecule has 0 aromatic carbocycles. The highest BCUT2D eigenvalue weighted by molar-refractivity contribution is 6.31. The molecule has 0 aliphatic carbocycles. The van der Waals surface area contributed by atoms with Crippen LogP contribution < -0.4 is 4.90 Å². The molecule has 4 nitrogen and oxygen atoms in total. The monoisotopic (exact) mass is 211 g/mol.